The first-order chi connectivity index (χ1) is 7.21. The van der Waals surface area contributed by atoms with Crippen LogP contribution in [-0.2, 0) is 9.53 Å². The van der Waals surface area contributed by atoms with Gasteiger partial charge in [-0.15, -0.1) is 0 Å². The quantitative estimate of drug-likeness (QED) is 0.731. The van der Waals surface area contributed by atoms with Gasteiger partial charge in [0.25, 0.3) is 0 Å². The molecule has 1 rings (SSSR count). The van der Waals surface area contributed by atoms with E-state index in [9.17, 15) is 13.2 Å². The number of aliphatic carboxylic acids is 1. The molecule has 1 atom stereocenters. The van der Waals surface area contributed by atoms with Crippen molar-refractivity contribution in [3.05, 3.63) is 0 Å². The van der Waals surface area contributed by atoms with E-state index in [0.717, 1.165) is 26.2 Å². The third kappa shape index (κ3) is 5.92. The van der Waals surface area contributed by atoms with Gasteiger partial charge in [0, 0.05) is 12.1 Å². The van der Waals surface area contributed by atoms with Crippen LogP contribution < -0.4 is 5.32 Å². The van der Waals surface area contributed by atoms with Crippen LogP contribution in [0.5, 0.6) is 0 Å². The molecule has 2 N–H and O–H groups in total. The SMILES string of the molecule is CCC1(C)COCCN1.O=C(O)C(F)(F)F. The molecule has 1 fully saturated rings. The minimum atomic E-state index is -5.08. The summed E-state index contributed by atoms with van der Waals surface area (Å²) in [7, 11) is 0. The van der Waals surface area contributed by atoms with Crippen LogP contribution in [0.2, 0.25) is 0 Å². The number of morpholine rings is 1. The first kappa shape index (κ1) is 15.2. The second-order valence-electron chi connectivity index (χ2n) is 3.70. The highest BCUT2D eigenvalue weighted by Gasteiger charge is 2.38. The topological polar surface area (TPSA) is 58.6 Å². The van der Waals surface area contributed by atoms with E-state index in [-0.39, 0.29) is 5.54 Å². The minimum Gasteiger partial charge on any atom is -0.475 e. The zero-order valence-corrected chi connectivity index (χ0v) is 9.23. The highest BCUT2D eigenvalue weighted by molar-refractivity contribution is 5.73. The number of alkyl halides is 3. The fraction of sp³-hybridized carbons (Fsp3) is 0.889. The van der Waals surface area contributed by atoms with Crippen LogP contribution >= 0.6 is 0 Å². The number of rotatable bonds is 1. The Hall–Kier alpha value is -0.820. The number of ether oxygens (including phenoxy) is 1. The van der Waals surface area contributed by atoms with Gasteiger partial charge >= 0.3 is 12.1 Å². The predicted molar refractivity (Wildman–Crippen MR) is 51.2 cm³/mol. The van der Waals surface area contributed by atoms with Crippen molar-refractivity contribution >= 4 is 5.97 Å². The van der Waals surface area contributed by atoms with Gasteiger partial charge in [-0.25, -0.2) is 4.79 Å². The number of halogens is 3. The maximum Gasteiger partial charge on any atom is 0.490 e. The van der Waals surface area contributed by atoms with E-state index in [1.165, 1.54) is 0 Å². The molecule has 1 unspecified atom stereocenters. The van der Waals surface area contributed by atoms with E-state index >= 15 is 0 Å². The molecule has 96 valence electrons. The Balaban J connectivity index is 0.000000293. The lowest BCUT2D eigenvalue weighted by molar-refractivity contribution is -0.192. The summed E-state index contributed by atoms with van der Waals surface area (Å²) in [4.78, 5) is 8.90. The third-order valence-electron chi connectivity index (χ3n) is 2.24. The molecule has 0 aromatic carbocycles. The number of nitrogens with one attached hydrogen (secondary N) is 1. The summed E-state index contributed by atoms with van der Waals surface area (Å²) < 4.78 is 37.0. The van der Waals surface area contributed by atoms with Gasteiger partial charge in [0.1, 0.15) is 0 Å². The molecule has 1 heterocycles. The molecule has 0 spiro atoms. The van der Waals surface area contributed by atoms with E-state index in [1.54, 1.807) is 0 Å². The molecule has 0 amide bonds. The zero-order chi connectivity index (χ0) is 12.8. The van der Waals surface area contributed by atoms with Crippen molar-refractivity contribution in [2.24, 2.45) is 0 Å². The van der Waals surface area contributed by atoms with Crippen molar-refractivity contribution < 1.29 is 27.8 Å². The molecule has 1 saturated heterocycles. The van der Waals surface area contributed by atoms with Crippen molar-refractivity contribution in [3.8, 4) is 0 Å². The van der Waals surface area contributed by atoms with Crippen LogP contribution in [0.3, 0.4) is 0 Å². The molecule has 7 heteroatoms. The highest BCUT2D eigenvalue weighted by Crippen LogP contribution is 2.13. The predicted octanol–water partition coefficient (Wildman–Crippen LogP) is 1.41. The number of carboxylic acids is 1. The van der Waals surface area contributed by atoms with E-state index < -0.39 is 12.1 Å². The molecule has 0 aliphatic carbocycles. The maximum atomic E-state index is 10.6. The largest absolute Gasteiger partial charge is 0.490 e. The maximum absolute atomic E-state index is 10.6. The van der Waals surface area contributed by atoms with Gasteiger partial charge in [0.2, 0.25) is 0 Å². The number of hydrogen-bond donors (Lipinski definition) is 2. The summed E-state index contributed by atoms with van der Waals surface area (Å²) in [6, 6.07) is 0. The Bertz CT molecular complexity index is 225. The first-order valence-electron chi connectivity index (χ1n) is 4.84. The summed E-state index contributed by atoms with van der Waals surface area (Å²) in [5, 5.41) is 10.5. The molecular formula is C9H16F3NO3. The van der Waals surface area contributed by atoms with Gasteiger partial charge in [-0.2, -0.15) is 13.2 Å². The monoisotopic (exact) mass is 243 g/mol. The first-order valence-corrected chi connectivity index (χ1v) is 4.84. The standard InChI is InChI=1S/C7H15NO.C2HF3O2/c1-3-7(2)6-9-5-4-8-7;3-2(4,5)1(6)7/h8H,3-6H2,1-2H3;(H,6,7). The molecule has 0 aromatic rings. The Morgan fingerprint density at radius 3 is 2.25 bits per heavy atom. The average molecular weight is 243 g/mol. The van der Waals surface area contributed by atoms with E-state index in [0.29, 0.717) is 0 Å². The van der Waals surface area contributed by atoms with Crippen LogP contribution in [0.4, 0.5) is 13.2 Å². The highest BCUT2D eigenvalue weighted by atomic mass is 19.4. The van der Waals surface area contributed by atoms with Gasteiger partial charge in [-0.1, -0.05) is 6.92 Å². The van der Waals surface area contributed by atoms with Gasteiger partial charge in [0.05, 0.1) is 13.2 Å². The van der Waals surface area contributed by atoms with Gasteiger partial charge in [-0.05, 0) is 13.3 Å². The van der Waals surface area contributed by atoms with Crippen molar-refractivity contribution in [3.63, 3.8) is 0 Å². The molecular weight excluding hydrogens is 227 g/mol. The lowest BCUT2D eigenvalue weighted by atomic mass is 9.99. The number of carbonyl (C=O) groups is 1. The third-order valence-corrected chi connectivity index (χ3v) is 2.24. The summed E-state index contributed by atoms with van der Waals surface area (Å²) in [6.07, 6.45) is -3.94. The molecule has 0 aromatic heterocycles. The lowest BCUT2D eigenvalue weighted by Crippen LogP contribution is -2.51. The Morgan fingerprint density at radius 2 is 2.06 bits per heavy atom. The fourth-order valence-electron chi connectivity index (χ4n) is 1.00. The molecule has 0 saturated carbocycles. The average Bonchev–Trinajstić information content (AvgIpc) is 2.18. The Morgan fingerprint density at radius 1 is 1.56 bits per heavy atom. The molecule has 1 aliphatic heterocycles. The van der Waals surface area contributed by atoms with Gasteiger partial charge in [-0.3, -0.25) is 0 Å². The van der Waals surface area contributed by atoms with Crippen LogP contribution in [0.25, 0.3) is 0 Å². The smallest absolute Gasteiger partial charge is 0.475 e. The molecule has 0 bridgehead atoms. The second kappa shape index (κ2) is 6.05. The Kier molecular flexibility index (Phi) is 5.74. The zero-order valence-electron chi connectivity index (χ0n) is 9.23. The van der Waals surface area contributed by atoms with Crippen molar-refractivity contribution in [1.29, 1.82) is 0 Å². The van der Waals surface area contributed by atoms with Crippen molar-refractivity contribution in [2.75, 3.05) is 19.8 Å². The van der Waals surface area contributed by atoms with E-state index in [4.69, 9.17) is 14.6 Å². The number of hydrogen-bond acceptors (Lipinski definition) is 3. The van der Waals surface area contributed by atoms with E-state index in [1.807, 2.05) is 0 Å². The minimum absolute atomic E-state index is 0.248. The number of carboxylic acid groups (broad SMARTS) is 1. The van der Waals surface area contributed by atoms with Gasteiger partial charge in [0.15, 0.2) is 0 Å². The normalized spacial score (nSPS) is 25.6. The molecule has 4 nitrogen and oxygen atoms in total. The van der Waals surface area contributed by atoms with E-state index in [2.05, 4.69) is 19.2 Å². The van der Waals surface area contributed by atoms with Crippen molar-refractivity contribution in [1.82, 2.24) is 5.32 Å². The fourth-order valence-corrected chi connectivity index (χ4v) is 1.00. The lowest BCUT2D eigenvalue weighted by Gasteiger charge is -2.33. The molecule has 16 heavy (non-hydrogen) atoms. The molecule has 1 aliphatic rings. The second-order valence-corrected chi connectivity index (χ2v) is 3.70. The summed E-state index contributed by atoms with van der Waals surface area (Å²) >= 11 is 0. The van der Waals surface area contributed by atoms with Crippen LogP contribution in [-0.4, -0.2) is 42.5 Å². The Labute approximate surface area is 91.8 Å². The molecule has 0 radical (unpaired) electrons. The summed E-state index contributed by atoms with van der Waals surface area (Å²) in [5.74, 6) is -2.76. The summed E-state index contributed by atoms with van der Waals surface area (Å²) in [5.41, 5.74) is 0.248. The van der Waals surface area contributed by atoms with Crippen molar-refractivity contribution in [2.45, 2.75) is 32.0 Å². The van der Waals surface area contributed by atoms with Crippen LogP contribution in [0.15, 0.2) is 0 Å². The summed E-state index contributed by atoms with van der Waals surface area (Å²) in [6.45, 7) is 7.12. The van der Waals surface area contributed by atoms with Crippen LogP contribution in [0, 0.1) is 0 Å². The van der Waals surface area contributed by atoms with Crippen LogP contribution in [0.1, 0.15) is 20.3 Å². The van der Waals surface area contributed by atoms with Gasteiger partial charge < -0.3 is 15.2 Å².